The number of aromatic nitrogens is 3. The van der Waals surface area contributed by atoms with Gasteiger partial charge in [0.15, 0.2) is 0 Å². The van der Waals surface area contributed by atoms with E-state index in [2.05, 4.69) is 20.5 Å². The molecule has 0 fully saturated rings. The van der Waals surface area contributed by atoms with Crippen LogP contribution >= 0.6 is 0 Å². The smallest absolute Gasteiger partial charge is 0.269 e. The first-order valence-corrected chi connectivity index (χ1v) is 7.63. The lowest BCUT2D eigenvalue weighted by atomic mass is 10.1. The van der Waals surface area contributed by atoms with E-state index < -0.39 is 0 Å². The van der Waals surface area contributed by atoms with Crippen molar-refractivity contribution in [1.29, 1.82) is 0 Å². The highest BCUT2D eigenvalue weighted by molar-refractivity contribution is 5.93. The van der Waals surface area contributed by atoms with Gasteiger partial charge >= 0.3 is 0 Å². The summed E-state index contributed by atoms with van der Waals surface area (Å²) in [6, 6.07) is 13.2. The minimum Gasteiger partial charge on any atom is -0.497 e. The highest BCUT2D eigenvalue weighted by atomic mass is 16.5. The molecule has 0 atom stereocenters. The molecule has 2 N–H and O–H groups in total. The average Bonchev–Trinajstić information content (AvgIpc) is 3.13. The van der Waals surface area contributed by atoms with Gasteiger partial charge in [0.05, 0.1) is 12.8 Å². The summed E-state index contributed by atoms with van der Waals surface area (Å²) in [6.45, 7) is 0.550. The van der Waals surface area contributed by atoms with Crippen molar-refractivity contribution in [3.05, 3.63) is 66.1 Å². The molecular formula is C18H18N4O2. The molecule has 0 aliphatic rings. The fraction of sp³-hybridized carbons (Fsp3) is 0.167. The fourth-order valence-electron chi connectivity index (χ4n) is 2.32. The summed E-state index contributed by atoms with van der Waals surface area (Å²) < 4.78 is 5.12. The predicted octanol–water partition coefficient (Wildman–Crippen LogP) is 2.45. The van der Waals surface area contributed by atoms with E-state index in [1.807, 2.05) is 36.4 Å². The van der Waals surface area contributed by atoms with Gasteiger partial charge in [0, 0.05) is 24.5 Å². The molecule has 122 valence electrons. The molecule has 0 radical (unpaired) electrons. The number of hydrogen-bond donors (Lipinski definition) is 2. The van der Waals surface area contributed by atoms with Crippen molar-refractivity contribution in [3.63, 3.8) is 0 Å². The number of amides is 1. The van der Waals surface area contributed by atoms with Crippen molar-refractivity contribution in [2.45, 2.75) is 6.42 Å². The number of benzene rings is 1. The van der Waals surface area contributed by atoms with Gasteiger partial charge in [-0.25, -0.2) is 0 Å². The minimum absolute atomic E-state index is 0.170. The van der Waals surface area contributed by atoms with Crippen molar-refractivity contribution in [3.8, 4) is 17.0 Å². The maximum absolute atomic E-state index is 12.2. The van der Waals surface area contributed by atoms with Gasteiger partial charge < -0.3 is 10.1 Å². The van der Waals surface area contributed by atoms with Crippen LogP contribution in [0.25, 0.3) is 11.3 Å². The quantitative estimate of drug-likeness (QED) is 0.730. The summed E-state index contributed by atoms with van der Waals surface area (Å²) >= 11 is 0. The third kappa shape index (κ3) is 3.78. The number of methoxy groups -OCH3 is 1. The number of nitrogens with zero attached hydrogens (tertiary/aromatic N) is 2. The molecule has 6 nitrogen and oxygen atoms in total. The van der Waals surface area contributed by atoms with Crippen LogP contribution in [0.3, 0.4) is 0 Å². The Kier molecular flexibility index (Phi) is 4.86. The molecule has 2 heterocycles. The number of ether oxygens (including phenoxy) is 1. The first-order valence-electron chi connectivity index (χ1n) is 7.63. The first-order chi connectivity index (χ1) is 11.8. The van der Waals surface area contributed by atoms with Crippen LogP contribution in [0.15, 0.2) is 54.9 Å². The molecule has 3 rings (SSSR count). The van der Waals surface area contributed by atoms with E-state index in [9.17, 15) is 4.79 Å². The Morgan fingerprint density at radius 3 is 2.62 bits per heavy atom. The van der Waals surface area contributed by atoms with Gasteiger partial charge in [-0.15, -0.1) is 0 Å². The zero-order valence-electron chi connectivity index (χ0n) is 13.3. The minimum atomic E-state index is -0.170. The van der Waals surface area contributed by atoms with E-state index in [-0.39, 0.29) is 5.91 Å². The number of carbonyl (C=O) groups excluding carboxylic acids is 1. The average molecular weight is 322 g/mol. The summed E-state index contributed by atoms with van der Waals surface area (Å²) in [7, 11) is 1.64. The number of hydrogen-bond acceptors (Lipinski definition) is 4. The van der Waals surface area contributed by atoms with Gasteiger partial charge in [-0.1, -0.05) is 12.1 Å². The molecule has 0 aliphatic carbocycles. The standard InChI is InChI=1S/C18H18N4O2/c1-24-15-4-2-13(3-5-15)6-11-20-18(23)17-12-16(21-22-17)14-7-9-19-10-8-14/h2-5,7-10,12H,6,11H2,1H3,(H,20,23)(H,21,22). The number of pyridine rings is 1. The van der Waals surface area contributed by atoms with E-state index in [4.69, 9.17) is 4.74 Å². The van der Waals surface area contributed by atoms with Gasteiger partial charge in [-0.05, 0) is 42.3 Å². The lowest BCUT2D eigenvalue weighted by Crippen LogP contribution is -2.26. The highest BCUT2D eigenvalue weighted by Crippen LogP contribution is 2.16. The Labute approximate surface area is 139 Å². The molecule has 0 spiro atoms. The van der Waals surface area contributed by atoms with Gasteiger partial charge in [0.1, 0.15) is 11.4 Å². The summed E-state index contributed by atoms with van der Waals surface area (Å²) in [6.07, 6.45) is 4.14. The SMILES string of the molecule is COc1ccc(CCNC(=O)c2cc(-c3ccncc3)n[nH]2)cc1. The monoisotopic (exact) mass is 322 g/mol. The van der Waals surface area contributed by atoms with Crippen LogP contribution in [0.4, 0.5) is 0 Å². The van der Waals surface area contributed by atoms with Crippen molar-refractivity contribution >= 4 is 5.91 Å². The van der Waals surface area contributed by atoms with Gasteiger partial charge in [-0.3, -0.25) is 14.9 Å². The first kappa shape index (κ1) is 15.7. The molecule has 6 heteroatoms. The van der Waals surface area contributed by atoms with Gasteiger partial charge in [0.2, 0.25) is 0 Å². The van der Waals surface area contributed by atoms with Crippen LogP contribution in [0.5, 0.6) is 5.75 Å². The van der Waals surface area contributed by atoms with E-state index in [0.29, 0.717) is 12.2 Å². The number of rotatable bonds is 6. The van der Waals surface area contributed by atoms with Crippen molar-refractivity contribution < 1.29 is 9.53 Å². The van der Waals surface area contributed by atoms with Crippen LogP contribution in [0.2, 0.25) is 0 Å². The summed E-state index contributed by atoms with van der Waals surface area (Å²) in [5.41, 5.74) is 3.21. The number of aromatic amines is 1. The largest absolute Gasteiger partial charge is 0.497 e. The molecule has 3 aromatic rings. The number of H-pyrrole nitrogens is 1. The Morgan fingerprint density at radius 2 is 1.92 bits per heavy atom. The molecule has 0 saturated carbocycles. The number of carbonyl (C=O) groups is 1. The van der Waals surface area contributed by atoms with Crippen molar-refractivity contribution in [2.75, 3.05) is 13.7 Å². The van der Waals surface area contributed by atoms with E-state index in [1.165, 1.54) is 0 Å². The Bertz CT molecular complexity index is 797. The summed E-state index contributed by atoms with van der Waals surface area (Å²) in [5, 5.41) is 9.82. The fourth-order valence-corrected chi connectivity index (χ4v) is 2.32. The number of nitrogens with one attached hydrogen (secondary N) is 2. The van der Waals surface area contributed by atoms with Gasteiger partial charge in [0.25, 0.3) is 5.91 Å². The predicted molar refractivity (Wildman–Crippen MR) is 90.8 cm³/mol. The Balaban J connectivity index is 1.54. The van der Waals surface area contributed by atoms with Crippen LogP contribution in [-0.4, -0.2) is 34.7 Å². The van der Waals surface area contributed by atoms with Crippen LogP contribution < -0.4 is 10.1 Å². The Morgan fingerprint density at radius 1 is 1.17 bits per heavy atom. The second-order valence-electron chi connectivity index (χ2n) is 5.26. The third-order valence-electron chi connectivity index (χ3n) is 3.66. The Hall–Kier alpha value is -3.15. The van der Waals surface area contributed by atoms with Crippen molar-refractivity contribution in [1.82, 2.24) is 20.5 Å². The molecule has 2 aromatic heterocycles. The van der Waals surface area contributed by atoms with Crippen LogP contribution in [0.1, 0.15) is 16.1 Å². The van der Waals surface area contributed by atoms with E-state index in [0.717, 1.165) is 29.0 Å². The van der Waals surface area contributed by atoms with Crippen molar-refractivity contribution in [2.24, 2.45) is 0 Å². The zero-order valence-corrected chi connectivity index (χ0v) is 13.3. The third-order valence-corrected chi connectivity index (χ3v) is 3.66. The molecule has 0 aliphatic heterocycles. The molecule has 0 bridgehead atoms. The summed E-state index contributed by atoms with van der Waals surface area (Å²) in [4.78, 5) is 16.1. The molecule has 1 amide bonds. The normalized spacial score (nSPS) is 10.4. The highest BCUT2D eigenvalue weighted by Gasteiger charge is 2.10. The molecule has 0 unspecified atom stereocenters. The van der Waals surface area contributed by atoms with E-state index in [1.54, 1.807) is 25.6 Å². The second kappa shape index (κ2) is 7.41. The molecular weight excluding hydrogens is 304 g/mol. The molecule has 1 aromatic carbocycles. The second-order valence-corrected chi connectivity index (χ2v) is 5.26. The van der Waals surface area contributed by atoms with E-state index >= 15 is 0 Å². The summed E-state index contributed by atoms with van der Waals surface area (Å²) in [5.74, 6) is 0.653. The van der Waals surface area contributed by atoms with Crippen LogP contribution in [-0.2, 0) is 6.42 Å². The lowest BCUT2D eigenvalue weighted by molar-refractivity contribution is 0.0949. The molecule has 0 saturated heterocycles. The maximum Gasteiger partial charge on any atom is 0.269 e. The van der Waals surface area contributed by atoms with Crippen LogP contribution in [0, 0.1) is 0 Å². The zero-order chi connectivity index (χ0) is 16.8. The topological polar surface area (TPSA) is 79.9 Å². The lowest BCUT2D eigenvalue weighted by Gasteiger charge is -2.05. The van der Waals surface area contributed by atoms with Gasteiger partial charge in [-0.2, -0.15) is 5.10 Å². The molecule has 24 heavy (non-hydrogen) atoms. The maximum atomic E-state index is 12.2.